The van der Waals surface area contributed by atoms with Crippen LogP contribution in [0.2, 0.25) is 5.28 Å². The van der Waals surface area contributed by atoms with Crippen LogP contribution in [-0.4, -0.2) is 45.5 Å². The van der Waals surface area contributed by atoms with Crippen LogP contribution >= 0.6 is 23.4 Å². The maximum absolute atomic E-state index is 5.85. The number of hydrogen-bond acceptors (Lipinski definition) is 5. The van der Waals surface area contributed by atoms with E-state index in [4.69, 9.17) is 11.6 Å². The summed E-state index contributed by atoms with van der Waals surface area (Å²) in [7, 11) is 1.98. The Bertz CT molecular complexity index is 486. The standard InChI is InChI=1S/C9H12ClN5S/c1-15(3-4-16-2)8-6-7(12-5-11-6)13-9(10)14-8/h5H,3-4H2,1-2H3,(H,11,12,13,14). The van der Waals surface area contributed by atoms with Crippen molar-refractivity contribution in [3.05, 3.63) is 11.6 Å². The highest BCUT2D eigenvalue weighted by molar-refractivity contribution is 7.98. The van der Waals surface area contributed by atoms with Crippen molar-refractivity contribution in [3.8, 4) is 0 Å². The zero-order valence-electron chi connectivity index (χ0n) is 9.07. The molecule has 16 heavy (non-hydrogen) atoms. The summed E-state index contributed by atoms with van der Waals surface area (Å²) in [6, 6.07) is 0. The van der Waals surface area contributed by atoms with E-state index in [0.717, 1.165) is 23.6 Å². The van der Waals surface area contributed by atoms with E-state index in [-0.39, 0.29) is 5.28 Å². The molecule has 0 saturated heterocycles. The number of anilines is 1. The maximum atomic E-state index is 5.85. The average Bonchev–Trinajstić information content (AvgIpc) is 2.72. The van der Waals surface area contributed by atoms with Crippen LogP contribution in [0.3, 0.4) is 0 Å². The summed E-state index contributed by atoms with van der Waals surface area (Å²) in [6.07, 6.45) is 3.67. The molecule has 0 aliphatic rings. The molecular formula is C9H12ClN5S. The molecule has 2 heterocycles. The Morgan fingerprint density at radius 3 is 3.06 bits per heavy atom. The number of aromatic amines is 1. The number of imidazole rings is 1. The van der Waals surface area contributed by atoms with Crippen LogP contribution in [0, 0.1) is 0 Å². The molecule has 0 saturated carbocycles. The molecule has 0 spiro atoms. The number of H-pyrrole nitrogens is 1. The van der Waals surface area contributed by atoms with Gasteiger partial charge in [0, 0.05) is 19.3 Å². The second kappa shape index (κ2) is 4.88. The number of fused-ring (bicyclic) bond motifs is 1. The smallest absolute Gasteiger partial charge is 0.226 e. The summed E-state index contributed by atoms with van der Waals surface area (Å²) >= 11 is 7.64. The molecule has 2 aromatic rings. The third kappa shape index (κ3) is 2.22. The summed E-state index contributed by atoms with van der Waals surface area (Å²) in [5.74, 6) is 1.83. The van der Waals surface area contributed by atoms with Gasteiger partial charge in [0.15, 0.2) is 11.5 Å². The van der Waals surface area contributed by atoms with Crippen molar-refractivity contribution in [2.24, 2.45) is 0 Å². The van der Waals surface area contributed by atoms with Gasteiger partial charge in [0.05, 0.1) is 6.33 Å². The Labute approximate surface area is 103 Å². The number of thioether (sulfide) groups is 1. The number of rotatable bonds is 4. The van der Waals surface area contributed by atoms with Gasteiger partial charge in [-0.05, 0) is 17.9 Å². The Morgan fingerprint density at radius 2 is 2.31 bits per heavy atom. The normalized spacial score (nSPS) is 10.9. The van der Waals surface area contributed by atoms with Crippen molar-refractivity contribution in [3.63, 3.8) is 0 Å². The second-order valence-electron chi connectivity index (χ2n) is 3.33. The molecular weight excluding hydrogens is 246 g/mol. The molecule has 0 aliphatic heterocycles. The van der Waals surface area contributed by atoms with Crippen LogP contribution < -0.4 is 4.90 Å². The molecule has 2 rings (SSSR count). The molecule has 0 radical (unpaired) electrons. The lowest BCUT2D eigenvalue weighted by Gasteiger charge is -2.17. The Kier molecular flexibility index (Phi) is 3.50. The molecule has 0 atom stereocenters. The van der Waals surface area contributed by atoms with E-state index < -0.39 is 0 Å². The van der Waals surface area contributed by atoms with Gasteiger partial charge in [0.2, 0.25) is 5.28 Å². The first-order valence-corrected chi connectivity index (χ1v) is 6.56. The van der Waals surface area contributed by atoms with Crippen LogP contribution in [-0.2, 0) is 0 Å². The minimum Gasteiger partial charge on any atom is -0.357 e. The topological polar surface area (TPSA) is 57.7 Å². The van der Waals surface area contributed by atoms with Gasteiger partial charge in [-0.3, -0.25) is 0 Å². The molecule has 2 aromatic heterocycles. The predicted molar refractivity (Wildman–Crippen MR) is 68.3 cm³/mol. The lowest BCUT2D eigenvalue weighted by Crippen LogP contribution is -2.22. The van der Waals surface area contributed by atoms with Crippen molar-refractivity contribution < 1.29 is 0 Å². The van der Waals surface area contributed by atoms with Gasteiger partial charge in [0.25, 0.3) is 0 Å². The van der Waals surface area contributed by atoms with E-state index in [1.165, 1.54) is 0 Å². The average molecular weight is 258 g/mol. The Hall–Kier alpha value is -1.01. The predicted octanol–water partition coefficient (Wildman–Crippen LogP) is 1.81. The summed E-state index contributed by atoms with van der Waals surface area (Å²) in [6.45, 7) is 0.905. The number of nitrogens with one attached hydrogen (secondary N) is 1. The van der Waals surface area contributed by atoms with Crippen molar-refractivity contribution in [1.29, 1.82) is 0 Å². The summed E-state index contributed by atoms with van der Waals surface area (Å²) < 4.78 is 0. The molecule has 0 fully saturated rings. The lowest BCUT2D eigenvalue weighted by molar-refractivity contribution is 0.946. The third-order valence-electron chi connectivity index (χ3n) is 2.23. The van der Waals surface area contributed by atoms with Crippen LogP contribution in [0.25, 0.3) is 11.2 Å². The first-order chi connectivity index (χ1) is 7.72. The number of hydrogen-bond donors (Lipinski definition) is 1. The molecule has 0 aliphatic carbocycles. The number of nitrogens with zero attached hydrogens (tertiary/aromatic N) is 4. The lowest BCUT2D eigenvalue weighted by atomic mass is 10.4. The van der Waals surface area contributed by atoms with Crippen molar-refractivity contribution in [2.75, 3.05) is 30.5 Å². The minimum absolute atomic E-state index is 0.227. The van der Waals surface area contributed by atoms with Crippen molar-refractivity contribution >= 4 is 40.3 Å². The molecule has 7 heteroatoms. The largest absolute Gasteiger partial charge is 0.357 e. The third-order valence-corrected chi connectivity index (χ3v) is 2.99. The van der Waals surface area contributed by atoms with Gasteiger partial charge in [-0.1, -0.05) is 0 Å². The van der Waals surface area contributed by atoms with E-state index in [9.17, 15) is 0 Å². The van der Waals surface area contributed by atoms with Crippen molar-refractivity contribution in [1.82, 2.24) is 19.9 Å². The molecule has 0 bridgehead atoms. The highest BCUT2D eigenvalue weighted by Crippen LogP contribution is 2.21. The second-order valence-corrected chi connectivity index (χ2v) is 4.66. The molecule has 1 N–H and O–H groups in total. The fourth-order valence-corrected chi connectivity index (χ4v) is 2.02. The van der Waals surface area contributed by atoms with Gasteiger partial charge in [-0.15, -0.1) is 0 Å². The molecule has 0 amide bonds. The highest BCUT2D eigenvalue weighted by atomic mass is 35.5. The first kappa shape index (κ1) is 11.5. The Morgan fingerprint density at radius 1 is 1.50 bits per heavy atom. The zero-order chi connectivity index (χ0) is 11.5. The number of halogens is 1. The van der Waals surface area contributed by atoms with Gasteiger partial charge in [0.1, 0.15) is 5.52 Å². The van der Waals surface area contributed by atoms with Gasteiger partial charge >= 0.3 is 0 Å². The number of aromatic nitrogens is 4. The van der Waals surface area contributed by atoms with Crippen LogP contribution in [0.5, 0.6) is 0 Å². The minimum atomic E-state index is 0.227. The molecule has 86 valence electrons. The highest BCUT2D eigenvalue weighted by Gasteiger charge is 2.12. The van der Waals surface area contributed by atoms with Crippen molar-refractivity contribution in [2.45, 2.75) is 0 Å². The summed E-state index contributed by atoms with van der Waals surface area (Å²) in [4.78, 5) is 17.4. The fourth-order valence-electron chi connectivity index (χ4n) is 1.40. The zero-order valence-corrected chi connectivity index (χ0v) is 10.6. The van der Waals surface area contributed by atoms with Crippen LogP contribution in [0.1, 0.15) is 0 Å². The SMILES string of the molecule is CSCCN(C)c1nc(Cl)nc2nc[nH]c12. The van der Waals surface area contributed by atoms with Gasteiger partial charge in [-0.25, -0.2) is 4.98 Å². The molecule has 0 aromatic carbocycles. The monoisotopic (exact) mass is 257 g/mol. The van der Waals surface area contributed by atoms with E-state index in [1.54, 1.807) is 18.1 Å². The van der Waals surface area contributed by atoms with E-state index in [0.29, 0.717) is 5.65 Å². The van der Waals surface area contributed by atoms with E-state index in [2.05, 4.69) is 26.2 Å². The van der Waals surface area contributed by atoms with E-state index >= 15 is 0 Å². The quantitative estimate of drug-likeness (QED) is 0.847. The van der Waals surface area contributed by atoms with E-state index in [1.807, 2.05) is 11.9 Å². The maximum Gasteiger partial charge on any atom is 0.226 e. The van der Waals surface area contributed by atoms with Gasteiger partial charge < -0.3 is 9.88 Å². The molecule has 0 unspecified atom stereocenters. The fraction of sp³-hybridized carbons (Fsp3) is 0.444. The summed E-state index contributed by atoms with van der Waals surface area (Å²) in [5.41, 5.74) is 1.43. The van der Waals surface area contributed by atoms with Crippen LogP contribution in [0.15, 0.2) is 6.33 Å². The summed E-state index contributed by atoms with van der Waals surface area (Å²) in [5, 5.41) is 0.227. The first-order valence-electron chi connectivity index (χ1n) is 4.79. The Balaban J connectivity index is 2.38. The van der Waals surface area contributed by atoms with Gasteiger partial charge in [-0.2, -0.15) is 21.7 Å². The molecule has 5 nitrogen and oxygen atoms in total. The van der Waals surface area contributed by atoms with Crippen LogP contribution in [0.4, 0.5) is 5.82 Å².